The highest BCUT2D eigenvalue weighted by Crippen LogP contribution is 2.12. The van der Waals surface area contributed by atoms with E-state index in [0.29, 0.717) is 13.1 Å². The lowest BCUT2D eigenvalue weighted by molar-refractivity contribution is -0.146. The summed E-state index contributed by atoms with van der Waals surface area (Å²) in [6.07, 6.45) is 0. The Labute approximate surface area is 119 Å². The average Bonchev–Trinajstić information content (AvgIpc) is 2.37. The Hall–Kier alpha value is -1.79. The van der Waals surface area contributed by atoms with E-state index in [1.54, 1.807) is 11.8 Å². The number of aliphatic carboxylic acids is 1. The van der Waals surface area contributed by atoms with Gasteiger partial charge in [-0.1, -0.05) is 0 Å². The number of carbonyl (C=O) groups excluding carboxylic acids is 2. The molecular formula is C13H25N3O4. The fourth-order valence-electron chi connectivity index (χ4n) is 1.50. The Balaban J connectivity index is 4.34. The van der Waals surface area contributed by atoms with Crippen LogP contribution < -0.4 is 10.6 Å². The number of carbonyl (C=O) groups is 3. The number of nitrogens with one attached hydrogen (secondary N) is 2. The number of likely N-dealkylation sites (N-methyl/N-ethyl adjacent to an activating group) is 1. The molecule has 0 bridgehead atoms. The minimum absolute atomic E-state index is 0.0135. The first-order valence-corrected chi connectivity index (χ1v) is 6.72. The average molecular weight is 287 g/mol. The van der Waals surface area contributed by atoms with Crippen molar-refractivity contribution in [3.05, 3.63) is 0 Å². The molecule has 7 heteroatoms. The molecule has 0 aliphatic rings. The molecule has 0 aromatic carbocycles. The maximum atomic E-state index is 11.9. The molecule has 0 fully saturated rings. The first-order chi connectivity index (χ1) is 9.15. The molecule has 1 unspecified atom stereocenters. The van der Waals surface area contributed by atoms with Crippen LogP contribution in [0.2, 0.25) is 0 Å². The molecule has 7 nitrogen and oxygen atoms in total. The molecule has 20 heavy (non-hydrogen) atoms. The summed E-state index contributed by atoms with van der Waals surface area (Å²) in [7, 11) is 0. The molecular weight excluding hydrogens is 262 g/mol. The highest BCUT2D eigenvalue weighted by Gasteiger charge is 2.28. The topological polar surface area (TPSA) is 98.7 Å². The van der Waals surface area contributed by atoms with Crippen LogP contribution in [0, 0.1) is 5.41 Å². The third-order valence-electron chi connectivity index (χ3n) is 3.06. The van der Waals surface area contributed by atoms with Gasteiger partial charge in [0.1, 0.15) is 6.04 Å². The quantitative estimate of drug-likeness (QED) is 0.640. The third-order valence-corrected chi connectivity index (χ3v) is 3.06. The lowest BCUT2D eigenvalue weighted by Crippen LogP contribution is -2.51. The molecule has 0 aromatic heterocycles. The van der Waals surface area contributed by atoms with E-state index in [1.807, 2.05) is 13.8 Å². The summed E-state index contributed by atoms with van der Waals surface area (Å²) >= 11 is 0. The Kier molecular flexibility index (Phi) is 7.02. The second-order valence-electron chi connectivity index (χ2n) is 5.25. The monoisotopic (exact) mass is 287 g/mol. The summed E-state index contributed by atoms with van der Waals surface area (Å²) in [5, 5.41) is 13.9. The summed E-state index contributed by atoms with van der Waals surface area (Å²) in [6.45, 7) is 9.50. The van der Waals surface area contributed by atoms with Crippen molar-refractivity contribution in [1.29, 1.82) is 0 Å². The van der Waals surface area contributed by atoms with Gasteiger partial charge >= 0.3 is 12.0 Å². The molecule has 0 radical (unpaired) electrons. The number of hydrogen-bond acceptors (Lipinski definition) is 3. The van der Waals surface area contributed by atoms with Gasteiger partial charge in [-0.3, -0.25) is 9.59 Å². The molecule has 0 saturated heterocycles. The Morgan fingerprint density at radius 1 is 1.20 bits per heavy atom. The number of hydrogen-bond donors (Lipinski definition) is 3. The molecule has 3 N–H and O–H groups in total. The van der Waals surface area contributed by atoms with Gasteiger partial charge in [0, 0.05) is 19.6 Å². The molecule has 0 aliphatic heterocycles. The zero-order valence-electron chi connectivity index (χ0n) is 12.8. The van der Waals surface area contributed by atoms with Crippen LogP contribution in [0.5, 0.6) is 0 Å². The van der Waals surface area contributed by atoms with Crippen molar-refractivity contribution in [2.45, 2.75) is 40.7 Å². The minimum Gasteiger partial charge on any atom is -0.481 e. The number of amides is 3. The Morgan fingerprint density at radius 2 is 1.70 bits per heavy atom. The first kappa shape index (κ1) is 18.2. The summed E-state index contributed by atoms with van der Waals surface area (Å²) in [5.74, 6) is -1.16. The molecule has 1 atom stereocenters. The number of rotatable bonds is 7. The highest BCUT2D eigenvalue weighted by molar-refractivity contribution is 5.87. The number of carboxylic acids is 1. The van der Waals surface area contributed by atoms with E-state index in [-0.39, 0.29) is 12.5 Å². The Bertz CT molecular complexity index is 365. The van der Waals surface area contributed by atoms with Crippen LogP contribution in [0.1, 0.15) is 34.6 Å². The van der Waals surface area contributed by atoms with E-state index >= 15 is 0 Å². The van der Waals surface area contributed by atoms with Crippen LogP contribution in [-0.2, 0) is 9.59 Å². The van der Waals surface area contributed by atoms with E-state index in [2.05, 4.69) is 10.6 Å². The van der Waals surface area contributed by atoms with Crippen LogP contribution in [-0.4, -0.2) is 53.6 Å². The van der Waals surface area contributed by atoms with E-state index in [4.69, 9.17) is 5.11 Å². The zero-order valence-corrected chi connectivity index (χ0v) is 12.8. The summed E-state index contributed by atoms with van der Waals surface area (Å²) < 4.78 is 0. The van der Waals surface area contributed by atoms with Crippen LogP contribution in [0.4, 0.5) is 4.79 Å². The van der Waals surface area contributed by atoms with Gasteiger partial charge in [-0.05, 0) is 34.6 Å². The fourth-order valence-corrected chi connectivity index (χ4v) is 1.50. The maximum Gasteiger partial charge on any atom is 0.315 e. The summed E-state index contributed by atoms with van der Waals surface area (Å²) in [5.41, 5.74) is -1.05. The Morgan fingerprint density at radius 3 is 2.10 bits per heavy atom. The summed E-state index contributed by atoms with van der Waals surface area (Å²) in [4.78, 5) is 36.1. The second-order valence-corrected chi connectivity index (χ2v) is 5.25. The second kappa shape index (κ2) is 7.72. The van der Waals surface area contributed by atoms with Gasteiger partial charge in [0.2, 0.25) is 5.91 Å². The fraction of sp³-hybridized carbons (Fsp3) is 0.769. The van der Waals surface area contributed by atoms with Gasteiger partial charge in [0.25, 0.3) is 0 Å². The van der Waals surface area contributed by atoms with Crippen molar-refractivity contribution in [3.8, 4) is 0 Å². The molecule has 0 saturated carbocycles. The van der Waals surface area contributed by atoms with Crippen molar-refractivity contribution in [1.82, 2.24) is 15.5 Å². The van der Waals surface area contributed by atoms with Crippen LogP contribution >= 0.6 is 0 Å². The van der Waals surface area contributed by atoms with Crippen molar-refractivity contribution in [2.24, 2.45) is 5.41 Å². The van der Waals surface area contributed by atoms with Crippen molar-refractivity contribution < 1.29 is 19.5 Å². The van der Waals surface area contributed by atoms with E-state index in [1.165, 1.54) is 13.8 Å². The van der Waals surface area contributed by atoms with Gasteiger partial charge in [-0.15, -0.1) is 0 Å². The summed E-state index contributed by atoms with van der Waals surface area (Å²) in [6, 6.07) is -1.20. The molecule has 3 amide bonds. The van der Waals surface area contributed by atoms with Crippen molar-refractivity contribution >= 4 is 17.9 Å². The van der Waals surface area contributed by atoms with E-state index in [0.717, 1.165) is 0 Å². The highest BCUT2D eigenvalue weighted by atomic mass is 16.4. The molecule has 0 rings (SSSR count). The number of nitrogens with zero attached hydrogens (tertiary/aromatic N) is 1. The van der Waals surface area contributed by atoms with E-state index < -0.39 is 23.5 Å². The van der Waals surface area contributed by atoms with Gasteiger partial charge in [-0.2, -0.15) is 0 Å². The first-order valence-electron chi connectivity index (χ1n) is 6.72. The van der Waals surface area contributed by atoms with E-state index in [9.17, 15) is 14.4 Å². The van der Waals surface area contributed by atoms with Gasteiger partial charge in [0.05, 0.1) is 5.41 Å². The van der Waals surface area contributed by atoms with Crippen LogP contribution in [0.15, 0.2) is 0 Å². The standard InChI is InChI=1S/C13H25N3O4/c1-6-16(7-2)10(17)9(3)15-12(20)14-8-13(4,5)11(18)19/h9H,6-8H2,1-5H3,(H,18,19)(H2,14,15,20). The number of urea groups is 1. The normalized spacial score (nSPS) is 12.4. The van der Waals surface area contributed by atoms with Gasteiger partial charge in [0.15, 0.2) is 0 Å². The smallest absolute Gasteiger partial charge is 0.315 e. The predicted octanol–water partition coefficient (Wildman–Crippen LogP) is 0.653. The van der Waals surface area contributed by atoms with Crippen molar-refractivity contribution in [3.63, 3.8) is 0 Å². The largest absolute Gasteiger partial charge is 0.481 e. The lowest BCUT2D eigenvalue weighted by atomic mass is 9.94. The number of carboxylic acid groups (broad SMARTS) is 1. The maximum absolute atomic E-state index is 11.9. The van der Waals surface area contributed by atoms with Crippen LogP contribution in [0.25, 0.3) is 0 Å². The van der Waals surface area contributed by atoms with Crippen molar-refractivity contribution in [2.75, 3.05) is 19.6 Å². The predicted molar refractivity (Wildman–Crippen MR) is 75.3 cm³/mol. The molecule has 116 valence electrons. The minimum atomic E-state index is -1.05. The van der Waals surface area contributed by atoms with Gasteiger partial charge < -0.3 is 20.6 Å². The lowest BCUT2D eigenvalue weighted by Gasteiger charge is -2.24. The molecule has 0 aromatic rings. The van der Waals surface area contributed by atoms with Crippen LogP contribution in [0.3, 0.4) is 0 Å². The third kappa shape index (κ3) is 5.46. The molecule has 0 spiro atoms. The molecule has 0 aliphatic carbocycles. The molecule has 0 heterocycles. The van der Waals surface area contributed by atoms with Gasteiger partial charge in [-0.25, -0.2) is 4.79 Å². The SMILES string of the molecule is CCN(CC)C(=O)C(C)NC(=O)NCC(C)(C)C(=O)O. The zero-order chi connectivity index (χ0) is 15.9.